The first-order valence-corrected chi connectivity index (χ1v) is 9.11. The Morgan fingerprint density at radius 2 is 1.96 bits per heavy atom. The molecule has 0 atom stereocenters. The fourth-order valence-electron chi connectivity index (χ4n) is 2.03. The lowest BCUT2D eigenvalue weighted by atomic mass is 10.2. The van der Waals surface area contributed by atoms with E-state index in [0.29, 0.717) is 19.4 Å². The van der Waals surface area contributed by atoms with Gasteiger partial charge in [0.2, 0.25) is 15.9 Å². The van der Waals surface area contributed by atoms with Crippen molar-refractivity contribution in [3.05, 3.63) is 42.5 Å². The molecule has 8 nitrogen and oxygen atoms in total. The second-order valence-electron chi connectivity index (χ2n) is 5.32. The molecule has 130 valence electrons. The average molecular weight is 351 g/mol. The molecule has 24 heavy (non-hydrogen) atoms. The minimum atomic E-state index is -3.54. The molecule has 1 aromatic carbocycles. The summed E-state index contributed by atoms with van der Waals surface area (Å²) in [5, 5.41) is 6.63. The predicted octanol–water partition coefficient (Wildman–Crippen LogP) is 0.461. The summed E-state index contributed by atoms with van der Waals surface area (Å²) in [5.41, 5.74) is 0.993. The van der Waals surface area contributed by atoms with Crippen LogP contribution in [-0.2, 0) is 21.4 Å². The first-order valence-electron chi connectivity index (χ1n) is 7.63. The van der Waals surface area contributed by atoms with Crippen molar-refractivity contribution < 1.29 is 13.2 Å². The number of carbonyl (C=O) groups excluding carboxylic acids is 1. The van der Waals surface area contributed by atoms with E-state index >= 15 is 0 Å². The quantitative estimate of drug-likeness (QED) is 0.639. The Morgan fingerprint density at radius 3 is 2.62 bits per heavy atom. The van der Waals surface area contributed by atoms with Crippen molar-refractivity contribution in [2.75, 3.05) is 13.1 Å². The van der Waals surface area contributed by atoms with Gasteiger partial charge >= 0.3 is 0 Å². The van der Waals surface area contributed by atoms with Gasteiger partial charge in [0.1, 0.15) is 12.7 Å². The third kappa shape index (κ3) is 5.74. The monoisotopic (exact) mass is 351 g/mol. The third-order valence-corrected chi connectivity index (χ3v) is 4.81. The van der Waals surface area contributed by atoms with Crippen LogP contribution in [0.5, 0.6) is 0 Å². The summed E-state index contributed by atoms with van der Waals surface area (Å²) in [6.07, 6.45) is 4.03. The zero-order valence-corrected chi connectivity index (χ0v) is 14.3. The van der Waals surface area contributed by atoms with E-state index in [1.807, 2.05) is 6.92 Å². The van der Waals surface area contributed by atoms with E-state index in [0.717, 1.165) is 5.56 Å². The summed E-state index contributed by atoms with van der Waals surface area (Å²) < 4.78 is 28.2. The van der Waals surface area contributed by atoms with Crippen molar-refractivity contribution in [2.45, 2.75) is 31.2 Å². The molecule has 0 saturated heterocycles. The van der Waals surface area contributed by atoms with Crippen LogP contribution < -0.4 is 10.0 Å². The number of amides is 1. The standard InChI is InChI=1S/C15H21N5O3S/c1-13-4-6-14(7-5-13)24(22,23)19-9-8-17-15(21)3-2-10-20-12-16-11-18-20/h4-7,11-12,19H,2-3,8-10H2,1H3,(H,17,21). The van der Waals surface area contributed by atoms with Crippen LogP contribution in [-0.4, -0.2) is 42.2 Å². The number of nitrogens with one attached hydrogen (secondary N) is 2. The van der Waals surface area contributed by atoms with Crippen molar-refractivity contribution in [1.29, 1.82) is 0 Å². The van der Waals surface area contributed by atoms with E-state index in [9.17, 15) is 13.2 Å². The largest absolute Gasteiger partial charge is 0.355 e. The number of aryl methyl sites for hydroxylation is 2. The van der Waals surface area contributed by atoms with Crippen LogP contribution in [0, 0.1) is 6.92 Å². The highest BCUT2D eigenvalue weighted by atomic mass is 32.2. The SMILES string of the molecule is Cc1ccc(S(=O)(=O)NCCNC(=O)CCCn2cncn2)cc1. The fraction of sp³-hybridized carbons (Fsp3) is 0.400. The van der Waals surface area contributed by atoms with Crippen molar-refractivity contribution in [2.24, 2.45) is 0 Å². The number of nitrogens with zero attached hydrogens (tertiary/aromatic N) is 3. The van der Waals surface area contributed by atoms with Crippen LogP contribution >= 0.6 is 0 Å². The number of carbonyl (C=O) groups is 1. The lowest BCUT2D eigenvalue weighted by molar-refractivity contribution is -0.121. The molecule has 9 heteroatoms. The molecule has 0 aliphatic heterocycles. The summed E-state index contributed by atoms with van der Waals surface area (Å²) in [6, 6.07) is 6.59. The molecule has 0 saturated carbocycles. The van der Waals surface area contributed by atoms with Gasteiger partial charge in [0, 0.05) is 26.1 Å². The van der Waals surface area contributed by atoms with Gasteiger partial charge < -0.3 is 5.32 Å². The molecule has 0 fully saturated rings. The highest BCUT2D eigenvalue weighted by Gasteiger charge is 2.12. The highest BCUT2D eigenvalue weighted by molar-refractivity contribution is 7.89. The van der Waals surface area contributed by atoms with E-state index in [-0.39, 0.29) is 23.9 Å². The van der Waals surface area contributed by atoms with Crippen molar-refractivity contribution in [1.82, 2.24) is 24.8 Å². The Hall–Kier alpha value is -2.26. The highest BCUT2D eigenvalue weighted by Crippen LogP contribution is 2.09. The molecule has 1 heterocycles. The first kappa shape index (κ1) is 18.1. The van der Waals surface area contributed by atoms with Crippen LogP contribution in [0.4, 0.5) is 0 Å². The molecule has 0 aliphatic rings. The topological polar surface area (TPSA) is 106 Å². The second-order valence-corrected chi connectivity index (χ2v) is 7.09. The van der Waals surface area contributed by atoms with Crippen molar-refractivity contribution in [3.63, 3.8) is 0 Å². The Labute approximate surface area is 141 Å². The van der Waals surface area contributed by atoms with Gasteiger partial charge in [-0.1, -0.05) is 17.7 Å². The Morgan fingerprint density at radius 1 is 1.21 bits per heavy atom. The average Bonchev–Trinajstić information content (AvgIpc) is 3.05. The third-order valence-electron chi connectivity index (χ3n) is 3.33. The summed E-state index contributed by atoms with van der Waals surface area (Å²) in [4.78, 5) is 15.7. The smallest absolute Gasteiger partial charge is 0.240 e. The molecule has 0 bridgehead atoms. The van der Waals surface area contributed by atoms with Crippen LogP contribution in [0.1, 0.15) is 18.4 Å². The fourth-order valence-corrected chi connectivity index (χ4v) is 3.06. The van der Waals surface area contributed by atoms with E-state index in [4.69, 9.17) is 0 Å². The van der Waals surface area contributed by atoms with E-state index in [2.05, 4.69) is 20.1 Å². The number of benzene rings is 1. The summed E-state index contributed by atoms with van der Waals surface area (Å²) in [7, 11) is -3.54. The van der Waals surface area contributed by atoms with Crippen molar-refractivity contribution >= 4 is 15.9 Å². The lowest BCUT2D eigenvalue weighted by Gasteiger charge is -2.08. The van der Waals surface area contributed by atoms with Gasteiger partial charge in [0.05, 0.1) is 4.90 Å². The normalized spacial score (nSPS) is 11.4. The van der Waals surface area contributed by atoms with Crippen LogP contribution in [0.2, 0.25) is 0 Å². The van der Waals surface area contributed by atoms with Gasteiger partial charge in [-0.15, -0.1) is 0 Å². The van der Waals surface area contributed by atoms with E-state index < -0.39 is 10.0 Å². The van der Waals surface area contributed by atoms with Gasteiger partial charge in [-0.3, -0.25) is 9.48 Å². The number of hydrogen-bond donors (Lipinski definition) is 2. The van der Waals surface area contributed by atoms with Crippen molar-refractivity contribution in [3.8, 4) is 0 Å². The molecule has 2 aromatic rings. The first-order chi connectivity index (χ1) is 11.5. The minimum Gasteiger partial charge on any atom is -0.355 e. The van der Waals surface area contributed by atoms with Gasteiger partial charge in [-0.2, -0.15) is 5.10 Å². The molecule has 1 amide bonds. The Bertz CT molecular complexity index is 742. The minimum absolute atomic E-state index is 0.121. The van der Waals surface area contributed by atoms with Gasteiger partial charge in [-0.05, 0) is 25.5 Å². The maximum atomic E-state index is 12.1. The molecule has 0 spiro atoms. The number of hydrogen-bond acceptors (Lipinski definition) is 5. The van der Waals surface area contributed by atoms with Crippen LogP contribution in [0.3, 0.4) is 0 Å². The second kappa shape index (κ2) is 8.55. The summed E-state index contributed by atoms with van der Waals surface area (Å²) in [5.74, 6) is -0.121. The summed E-state index contributed by atoms with van der Waals surface area (Å²) in [6.45, 7) is 2.90. The molecular weight excluding hydrogens is 330 g/mol. The number of rotatable bonds is 9. The zero-order chi connectivity index (χ0) is 17.4. The van der Waals surface area contributed by atoms with Crippen LogP contribution in [0.25, 0.3) is 0 Å². The summed E-state index contributed by atoms with van der Waals surface area (Å²) >= 11 is 0. The zero-order valence-electron chi connectivity index (χ0n) is 13.5. The van der Waals surface area contributed by atoms with Gasteiger partial charge in [-0.25, -0.2) is 18.1 Å². The molecule has 1 aromatic heterocycles. The Kier molecular flexibility index (Phi) is 6.44. The molecule has 2 rings (SSSR count). The lowest BCUT2D eigenvalue weighted by Crippen LogP contribution is -2.34. The van der Waals surface area contributed by atoms with E-state index in [1.54, 1.807) is 35.3 Å². The maximum absolute atomic E-state index is 12.1. The maximum Gasteiger partial charge on any atom is 0.240 e. The van der Waals surface area contributed by atoms with Gasteiger partial charge in [0.25, 0.3) is 0 Å². The molecule has 0 unspecified atom stereocenters. The Balaban J connectivity index is 1.64. The number of aromatic nitrogens is 3. The number of sulfonamides is 1. The predicted molar refractivity (Wildman–Crippen MR) is 88.6 cm³/mol. The molecule has 2 N–H and O–H groups in total. The molecular formula is C15H21N5O3S. The van der Waals surface area contributed by atoms with Crippen LogP contribution in [0.15, 0.2) is 41.8 Å². The molecule has 0 aliphatic carbocycles. The molecule has 0 radical (unpaired) electrons. The van der Waals surface area contributed by atoms with E-state index in [1.165, 1.54) is 6.33 Å². The van der Waals surface area contributed by atoms with Gasteiger partial charge in [0.15, 0.2) is 0 Å².